The summed E-state index contributed by atoms with van der Waals surface area (Å²) in [6, 6.07) is 9.76. The minimum atomic E-state index is -1.22. The molecule has 3 aliphatic rings. The molecule has 0 aliphatic carbocycles. The predicted molar refractivity (Wildman–Crippen MR) is 92.4 cm³/mol. The number of carbonyl (C=O) groups is 2. The van der Waals surface area contributed by atoms with E-state index in [0.717, 1.165) is 0 Å². The van der Waals surface area contributed by atoms with E-state index in [1.165, 1.54) is 0 Å². The van der Waals surface area contributed by atoms with Gasteiger partial charge in [-0.1, -0.05) is 6.07 Å². The van der Waals surface area contributed by atoms with Crippen molar-refractivity contribution in [2.24, 2.45) is 11.8 Å². The third-order valence-electron chi connectivity index (χ3n) is 5.18. The first kappa shape index (κ1) is 16.9. The van der Waals surface area contributed by atoms with E-state index in [0.29, 0.717) is 34.1 Å². The van der Waals surface area contributed by atoms with E-state index < -0.39 is 23.9 Å². The molecule has 8 nitrogen and oxygen atoms in total. The van der Waals surface area contributed by atoms with Crippen molar-refractivity contribution in [3.05, 3.63) is 47.5 Å². The number of hydrogen-bond acceptors (Lipinski definition) is 8. The summed E-state index contributed by atoms with van der Waals surface area (Å²) in [5, 5.41) is 10.8. The zero-order valence-corrected chi connectivity index (χ0v) is 14.6. The van der Waals surface area contributed by atoms with E-state index in [9.17, 15) is 14.7 Å². The van der Waals surface area contributed by atoms with Gasteiger partial charge in [0.1, 0.15) is 12.5 Å². The van der Waals surface area contributed by atoms with Crippen molar-refractivity contribution in [2.75, 3.05) is 20.2 Å². The zero-order valence-electron chi connectivity index (χ0n) is 14.6. The van der Waals surface area contributed by atoms with Crippen LogP contribution >= 0.6 is 0 Å². The number of esters is 1. The molecule has 0 aromatic heterocycles. The summed E-state index contributed by atoms with van der Waals surface area (Å²) in [7, 11) is 0. The molecule has 2 aromatic rings. The number of fused-ring (bicyclic) bond motifs is 2. The summed E-state index contributed by atoms with van der Waals surface area (Å²) in [6.45, 7) is 0.118. The maximum atomic E-state index is 13.0. The number of cyclic esters (lactones) is 1. The average Bonchev–Trinajstić information content (AvgIpc) is 3.44. The fraction of sp³-hybridized carbons (Fsp3) is 0.300. The second-order valence-electron chi connectivity index (χ2n) is 6.75. The highest BCUT2D eigenvalue weighted by Crippen LogP contribution is 2.41. The molecule has 3 atom stereocenters. The van der Waals surface area contributed by atoms with Crippen molar-refractivity contribution < 1.29 is 38.4 Å². The van der Waals surface area contributed by atoms with Gasteiger partial charge in [0, 0.05) is 5.56 Å². The van der Waals surface area contributed by atoms with Gasteiger partial charge in [-0.05, 0) is 35.9 Å². The van der Waals surface area contributed by atoms with Gasteiger partial charge in [-0.3, -0.25) is 9.59 Å². The summed E-state index contributed by atoms with van der Waals surface area (Å²) in [5.74, 6) is -0.638. The third kappa shape index (κ3) is 2.65. The van der Waals surface area contributed by atoms with Crippen LogP contribution in [-0.4, -0.2) is 37.1 Å². The second kappa shape index (κ2) is 6.42. The summed E-state index contributed by atoms with van der Waals surface area (Å²) < 4.78 is 26.3. The molecule has 0 spiro atoms. The molecule has 1 N–H and O–H groups in total. The predicted octanol–water partition coefficient (Wildman–Crippen LogP) is 1.85. The molecule has 0 bridgehead atoms. The highest BCUT2D eigenvalue weighted by Gasteiger charge is 2.46. The van der Waals surface area contributed by atoms with Crippen molar-refractivity contribution in [1.82, 2.24) is 0 Å². The smallest absolute Gasteiger partial charge is 0.312 e. The Balaban J connectivity index is 1.43. The maximum Gasteiger partial charge on any atom is 0.312 e. The molecule has 0 radical (unpaired) electrons. The highest BCUT2D eigenvalue weighted by atomic mass is 16.7. The molecule has 1 saturated heterocycles. The molecule has 0 saturated carbocycles. The first-order chi connectivity index (χ1) is 13.6. The second-order valence-corrected chi connectivity index (χ2v) is 6.75. The van der Waals surface area contributed by atoms with Crippen LogP contribution in [-0.2, 0) is 9.53 Å². The van der Waals surface area contributed by atoms with Crippen LogP contribution in [0.1, 0.15) is 22.0 Å². The quantitative estimate of drug-likeness (QED) is 0.630. The van der Waals surface area contributed by atoms with Crippen molar-refractivity contribution in [1.29, 1.82) is 0 Å². The molecular weight excluding hydrogens is 368 g/mol. The van der Waals surface area contributed by atoms with Gasteiger partial charge in [0.05, 0.1) is 12.0 Å². The van der Waals surface area contributed by atoms with Crippen LogP contribution < -0.4 is 18.9 Å². The van der Waals surface area contributed by atoms with Gasteiger partial charge < -0.3 is 28.8 Å². The molecule has 144 valence electrons. The summed E-state index contributed by atoms with van der Waals surface area (Å²) in [5.41, 5.74) is 0.826. The van der Waals surface area contributed by atoms with E-state index in [-0.39, 0.29) is 26.0 Å². The van der Waals surface area contributed by atoms with Crippen LogP contribution in [0.3, 0.4) is 0 Å². The number of aliphatic hydroxyl groups is 1. The lowest BCUT2D eigenvalue weighted by Crippen LogP contribution is -2.29. The lowest BCUT2D eigenvalue weighted by molar-refractivity contribution is -0.144. The van der Waals surface area contributed by atoms with E-state index in [2.05, 4.69) is 0 Å². The normalized spacial score (nSPS) is 22.8. The molecule has 0 amide bonds. The average molecular weight is 384 g/mol. The third-order valence-corrected chi connectivity index (χ3v) is 5.18. The number of Topliss-reactive ketones (excluding diaryl/α,β-unsaturated/α-hetero) is 1. The molecule has 0 unspecified atom stereocenters. The van der Waals surface area contributed by atoms with Gasteiger partial charge in [0.2, 0.25) is 13.6 Å². The monoisotopic (exact) mass is 384 g/mol. The number of ether oxygens (including phenoxy) is 5. The lowest BCUT2D eigenvalue weighted by Gasteiger charge is -2.20. The van der Waals surface area contributed by atoms with Crippen LogP contribution in [0.2, 0.25) is 0 Å². The SMILES string of the molecule is O=C1OC[C@@H](C(=O)c2ccc3c(c2)OCO3)[C@@H]1[C@@H](O)c1ccc2c(c1)OCO2. The minimum absolute atomic E-state index is 0.0849. The number of benzene rings is 2. The van der Waals surface area contributed by atoms with Crippen molar-refractivity contribution in [3.63, 3.8) is 0 Å². The molecule has 1 fully saturated rings. The molecular formula is C20H16O8. The first-order valence-electron chi connectivity index (χ1n) is 8.80. The molecule has 3 aliphatic heterocycles. The Bertz CT molecular complexity index is 969. The van der Waals surface area contributed by atoms with Crippen LogP contribution in [0.15, 0.2) is 36.4 Å². The number of hydrogen-bond donors (Lipinski definition) is 1. The zero-order chi connectivity index (χ0) is 19.3. The Hall–Kier alpha value is -3.26. The van der Waals surface area contributed by atoms with Gasteiger partial charge in [0.15, 0.2) is 28.8 Å². The standard InChI is InChI=1S/C20H16O8/c21-18(10-1-3-13-15(5-10)27-8-25-13)12-7-24-20(23)17(12)19(22)11-2-4-14-16(6-11)28-9-26-14/h1-6,12,17,19,22H,7-9H2/t12-,17-,19+/m1/s1. The first-order valence-corrected chi connectivity index (χ1v) is 8.80. The lowest BCUT2D eigenvalue weighted by atomic mass is 9.82. The van der Waals surface area contributed by atoms with Gasteiger partial charge >= 0.3 is 5.97 Å². The number of carbonyl (C=O) groups excluding carboxylic acids is 2. The Labute approximate surface area is 159 Å². The Kier molecular flexibility index (Phi) is 3.87. The van der Waals surface area contributed by atoms with Gasteiger partial charge in [-0.25, -0.2) is 0 Å². The van der Waals surface area contributed by atoms with E-state index in [1.807, 2.05) is 0 Å². The fourth-order valence-electron chi connectivity index (χ4n) is 3.69. The Morgan fingerprint density at radius 3 is 2.29 bits per heavy atom. The Morgan fingerprint density at radius 1 is 0.893 bits per heavy atom. The maximum absolute atomic E-state index is 13.0. The topological polar surface area (TPSA) is 101 Å². The molecule has 28 heavy (non-hydrogen) atoms. The Morgan fingerprint density at radius 2 is 1.54 bits per heavy atom. The van der Waals surface area contributed by atoms with Crippen molar-refractivity contribution >= 4 is 11.8 Å². The van der Waals surface area contributed by atoms with E-state index in [1.54, 1.807) is 36.4 Å². The van der Waals surface area contributed by atoms with E-state index >= 15 is 0 Å². The van der Waals surface area contributed by atoms with Gasteiger partial charge in [0.25, 0.3) is 0 Å². The summed E-state index contributed by atoms with van der Waals surface area (Å²) >= 11 is 0. The van der Waals surface area contributed by atoms with Crippen LogP contribution in [0.5, 0.6) is 23.0 Å². The number of rotatable bonds is 4. The minimum Gasteiger partial charge on any atom is -0.465 e. The summed E-state index contributed by atoms with van der Waals surface area (Å²) in [4.78, 5) is 25.4. The molecule has 8 heteroatoms. The highest BCUT2D eigenvalue weighted by molar-refractivity contribution is 6.01. The van der Waals surface area contributed by atoms with E-state index in [4.69, 9.17) is 23.7 Å². The number of ketones is 1. The van der Waals surface area contributed by atoms with Crippen molar-refractivity contribution in [2.45, 2.75) is 6.10 Å². The largest absolute Gasteiger partial charge is 0.465 e. The van der Waals surface area contributed by atoms with Gasteiger partial charge in [-0.2, -0.15) is 0 Å². The van der Waals surface area contributed by atoms with Gasteiger partial charge in [-0.15, -0.1) is 0 Å². The number of aliphatic hydroxyl groups excluding tert-OH is 1. The molecule has 5 rings (SSSR count). The fourth-order valence-corrected chi connectivity index (χ4v) is 3.69. The van der Waals surface area contributed by atoms with Crippen molar-refractivity contribution in [3.8, 4) is 23.0 Å². The molecule has 2 aromatic carbocycles. The van der Waals surface area contributed by atoms with Crippen LogP contribution in [0.25, 0.3) is 0 Å². The van der Waals surface area contributed by atoms with Crippen LogP contribution in [0.4, 0.5) is 0 Å². The summed E-state index contributed by atoms with van der Waals surface area (Å²) in [6.07, 6.45) is -1.22. The molecule has 3 heterocycles. The van der Waals surface area contributed by atoms with Crippen LogP contribution in [0, 0.1) is 11.8 Å².